The Balaban J connectivity index is 4.01. The van der Waals surface area contributed by atoms with E-state index in [4.69, 9.17) is 9.47 Å². The molecule has 0 aromatic heterocycles. The number of ether oxygens (including phenoxy) is 4. The summed E-state index contributed by atoms with van der Waals surface area (Å²) >= 11 is 0. The van der Waals surface area contributed by atoms with Gasteiger partial charge in [0.1, 0.15) is 12.8 Å². The zero-order chi connectivity index (χ0) is 18.5. The number of rotatable bonds is 10. The van der Waals surface area contributed by atoms with Crippen LogP contribution in [-0.2, 0) is 38.1 Å². The quantitative estimate of drug-likeness (QED) is 0.250. The predicted octanol–water partition coefficient (Wildman–Crippen LogP) is 1.03. The lowest BCUT2D eigenvalue weighted by molar-refractivity contribution is -0.155. The Morgan fingerprint density at radius 1 is 0.708 bits per heavy atom. The molecule has 0 radical (unpaired) electrons. The van der Waals surface area contributed by atoms with E-state index in [1.807, 2.05) is 26.0 Å². The molecule has 0 aliphatic carbocycles. The lowest BCUT2D eigenvalue weighted by atomic mass is 10.1. The number of hydrogen-bond acceptors (Lipinski definition) is 8. The second-order valence-electron chi connectivity index (χ2n) is 5.21. The Bertz CT molecular complexity index is 427. The zero-order valence-corrected chi connectivity index (χ0v) is 14.4. The number of methoxy groups -OCH3 is 2. The van der Waals surface area contributed by atoms with Crippen LogP contribution in [0.3, 0.4) is 0 Å². The van der Waals surface area contributed by atoms with Gasteiger partial charge < -0.3 is 18.9 Å². The van der Waals surface area contributed by atoms with Gasteiger partial charge in [-0.2, -0.15) is 0 Å². The summed E-state index contributed by atoms with van der Waals surface area (Å²) in [5.74, 6) is -2.73. The van der Waals surface area contributed by atoms with Gasteiger partial charge in [-0.05, 0) is 0 Å². The van der Waals surface area contributed by atoms with E-state index in [0.717, 1.165) is 0 Å². The molecule has 24 heavy (non-hydrogen) atoms. The van der Waals surface area contributed by atoms with Crippen molar-refractivity contribution in [2.45, 2.75) is 26.7 Å². The van der Waals surface area contributed by atoms with E-state index in [0.29, 0.717) is 0 Å². The van der Waals surface area contributed by atoms with E-state index in [2.05, 4.69) is 9.47 Å². The van der Waals surface area contributed by atoms with Crippen molar-refractivity contribution in [3.05, 3.63) is 12.2 Å². The van der Waals surface area contributed by atoms with E-state index < -0.39 is 36.7 Å². The molecule has 0 N–H and O–H groups in total. The average molecular weight is 344 g/mol. The van der Waals surface area contributed by atoms with Crippen molar-refractivity contribution < 1.29 is 38.1 Å². The summed E-state index contributed by atoms with van der Waals surface area (Å²) in [5, 5.41) is 0. The van der Waals surface area contributed by atoms with E-state index in [9.17, 15) is 19.2 Å². The van der Waals surface area contributed by atoms with Crippen LogP contribution in [0.2, 0.25) is 0 Å². The van der Waals surface area contributed by atoms with Crippen LogP contribution in [-0.4, -0.2) is 51.3 Å². The standard InChI is InChI=1S/C16H24O8/c1-11(9-23-15(19)7-13(17)21-3)5-6-12(2)10-24-16(20)8-14(18)22-4/h5-6,11-12H,7-10H2,1-4H3/b6-5+. The van der Waals surface area contributed by atoms with E-state index >= 15 is 0 Å². The zero-order valence-electron chi connectivity index (χ0n) is 14.4. The second-order valence-corrected chi connectivity index (χ2v) is 5.21. The highest BCUT2D eigenvalue weighted by molar-refractivity contribution is 5.91. The molecule has 0 saturated carbocycles. The van der Waals surface area contributed by atoms with Crippen LogP contribution in [0, 0.1) is 11.8 Å². The van der Waals surface area contributed by atoms with Crippen LogP contribution in [0.4, 0.5) is 0 Å². The third kappa shape index (κ3) is 11.2. The summed E-state index contributed by atoms with van der Waals surface area (Å²) in [5.41, 5.74) is 0. The number of carbonyl (C=O) groups excluding carboxylic acids is 4. The Kier molecular flexibility index (Phi) is 10.9. The predicted molar refractivity (Wildman–Crippen MR) is 82.7 cm³/mol. The highest BCUT2D eigenvalue weighted by Gasteiger charge is 2.13. The maximum absolute atomic E-state index is 11.3. The van der Waals surface area contributed by atoms with Crippen molar-refractivity contribution in [3.63, 3.8) is 0 Å². The summed E-state index contributed by atoms with van der Waals surface area (Å²) in [6.07, 6.45) is 2.79. The molecule has 0 spiro atoms. The Labute approximate surface area is 141 Å². The van der Waals surface area contributed by atoms with Gasteiger partial charge in [0.25, 0.3) is 0 Å². The van der Waals surface area contributed by atoms with E-state index in [-0.39, 0.29) is 25.0 Å². The van der Waals surface area contributed by atoms with Gasteiger partial charge in [0.2, 0.25) is 0 Å². The molecule has 0 aliphatic heterocycles. The second kappa shape index (κ2) is 12.1. The molecular weight excluding hydrogens is 320 g/mol. The van der Waals surface area contributed by atoms with Gasteiger partial charge in [-0.3, -0.25) is 19.2 Å². The average Bonchev–Trinajstić information content (AvgIpc) is 2.55. The van der Waals surface area contributed by atoms with Gasteiger partial charge in [0, 0.05) is 11.8 Å². The fourth-order valence-electron chi connectivity index (χ4n) is 1.42. The van der Waals surface area contributed by atoms with Crippen LogP contribution in [0.5, 0.6) is 0 Å². The van der Waals surface area contributed by atoms with Gasteiger partial charge in [-0.1, -0.05) is 26.0 Å². The molecule has 136 valence electrons. The van der Waals surface area contributed by atoms with Crippen molar-refractivity contribution in [1.29, 1.82) is 0 Å². The van der Waals surface area contributed by atoms with Crippen molar-refractivity contribution in [2.24, 2.45) is 11.8 Å². The Morgan fingerprint density at radius 3 is 1.33 bits per heavy atom. The first-order valence-electron chi connectivity index (χ1n) is 7.41. The van der Waals surface area contributed by atoms with Crippen LogP contribution < -0.4 is 0 Å². The maximum atomic E-state index is 11.3. The monoisotopic (exact) mass is 344 g/mol. The lowest BCUT2D eigenvalue weighted by Crippen LogP contribution is -2.16. The normalized spacial score (nSPS) is 13.0. The lowest BCUT2D eigenvalue weighted by Gasteiger charge is -2.10. The molecule has 0 amide bonds. The van der Waals surface area contributed by atoms with Crippen LogP contribution in [0.25, 0.3) is 0 Å². The maximum Gasteiger partial charge on any atom is 0.317 e. The largest absolute Gasteiger partial charge is 0.469 e. The van der Waals surface area contributed by atoms with Gasteiger partial charge in [0.15, 0.2) is 0 Å². The third-order valence-electron chi connectivity index (χ3n) is 2.82. The summed E-state index contributed by atoms with van der Waals surface area (Å²) in [4.78, 5) is 44.4. The number of hydrogen-bond donors (Lipinski definition) is 0. The van der Waals surface area contributed by atoms with E-state index in [1.165, 1.54) is 14.2 Å². The third-order valence-corrected chi connectivity index (χ3v) is 2.82. The number of carbonyl (C=O) groups is 4. The highest BCUT2D eigenvalue weighted by Crippen LogP contribution is 2.06. The first-order chi connectivity index (χ1) is 11.3. The molecule has 2 unspecified atom stereocenters. The van der Waals surface area contributed by atoms with Gasteiger partial charge >= 0.3 is 23.9 Å². The fraction of sp³-hybridized carbons (Fsp3) is 0.625. The minimum absolute atomic E-state index is 0.0696. The molecule has 0 fully saturated rings. The first kappa shape index (κ1) is 21.6. The van der Waals surface area contributed by atoms with Gasteiger partial charge in [-0.15, -0.1) is 0 Å². The molecule has 2 atom stereocenters. The molecule has 8 nitrogen and oxygen atoms in total. The summed E-state index contributed by atoms with van der Waals surface area (Å²) in [7, 11) is 2.39. The molecule has 0 bridgehead atoms. The smallest absolute Gasteiger partial charge is 0.317 e. The Morgan fingerprint density at radius 2 is 1.04 bits per heavy atom. The molecule has 0 aliphatic rings. The molecule has 0 aromatic rings. The van der Waals surface area contributed by atoms with Gasteiger partial charge in [0.05, 0.1) is 27.4 Å². The Hall–Kier alpha value is -2.38. The minimum atomic E-state index is -0.648. The van der Waals surface area contributed by atoms with Crippen molar-refractivity contribution in [2.75, 3.05) is 27.4 Å². The molecule has 0 aromatic carbocycles. The van der Waals surface area contributed by atoms with Crippen molar-refractivity contribution in [1.82, 2.24) is 0 Å². The fourth-order valence-corrected chi connectivity index (χ4v) is 1.42. The highest BCUT2D eigenvalue weighted by atomic mass is 16.6. The first-order valence-corrected chi connectivity index (χ1v) is 7.41. The van der Waals surface area contributed by atoms with Crippen LogP contribution in [0.1, 0.15) is 26.7 Å². The summed E-state index contributed by atoms with van der Waals surface area (Å²) in [6.45, 7) is 3.91. The topological polar surface area (TPSA) is 105 Å². The number of esters is 4. The molecule has 0 rings (SSSR count). The van der Waals surface area contributed by atoms with Crippen LogP contribution >= 0.6 is 0 Å². The molecule has 0 saturated heterocycles. The molecule has 8 heteroatoms. The molecular formula is C16H24O8. The van der Waals surface area contributed by atoms with Gasteiger partial charge in [-0.25, -0.2) is 0 Å². The minimum Gasteiger partial charge on any atom is -0.469 e. The summed E-state index contributed by atoms with van der Waals surface area (Å²) < 4.78 is 18.6. The van der Waals surface area contributed by atoms with E-state index in [1.54, 1.807) is 0 Å². The van der Waals surface area contributed by atoms with Crippen molar-refractivity contribution >= 4 is 23.9 Å². The van der Waals surface area contributed by atoms with Crippen molar-refractivity contribution in [3.8, 4) is 0 Å². The van der Waals surface area contributed by atoms with Crippen LogP contribution in [0.15, 0.2) is 12.2 Å². The molecule has 0 heterocycles. The SMILES string of the molecule is COC(=O)CC(=O)OCC(C)/C=C/C(C)COC(=O)CC(=O)OC. The summed E-state index contributed by atoms with van der Waals surface area (Å²) in [6, 6.07) is 0.